The number of nitrogens with zero attached hydrogens (tertiary/aromatic N) is 2. The van der Waals surface area contributed by atoms with E-state index in [0.717, 1.165) is 19.6 Å². The molecule has 1 atom stereocenters. The van der Waals surface area contributed by atoms with E-state index in [-0.39, 0.29) is 30.5 Å². The van der Waals surface area contributed by atoms with Crippen molar-refractivity contribution in [2.75, 3.05) is 47.5 Å². The third kappa shape index (κ3) is 6.59. The van der Waals surface area contributed by atoms with Crippen LogP contribution in [0, 0.1) is 10.1 Å². The first-order valence-electron chi connectivity index (χ1n) is 10.9. The summed E-state index contributed by atoms with van der Waals surface area (Å²) < 4.78 is 16.0. The normalized spacial score (nSPS) is 18.2. The first kappa shape index (κ1) is 29.2. The second-order valence-corrected chi connectivity index (χ2v) is 7.42. The van der Waals surface area contributed by atoms with E-state index in [1.54, 1.807) is 6.08 Å². The Bertz CT molecular complexity index is 928. The van der Waals surface area contributed by atoms with E-state index < -0.39 is 10.6 Å². The number of nitrogens with one attached hydrogen (secondary N) is 1. The summed E-state index contributed by atoms with van der Waals surface area (Å²) in [5, 5.41) is 14.8. The van der Waals surface area contributed by atoms with Crippen LogP contribution < -0.4 is 5.32 Å². The maximum absolute atomic E-state index is 13.2. The van der Waals surface area contributed by atoms with E-state index in [4.69, 9.17) is 14.2 Å². The number of carbonyl (C=O) groups is 1. The van der Waals surface area contributed by atoms with Crippen LogP contribution in [0.3, 0.4) is 0 Å². The molecule has 9 nitrogen and oxygen atoms in total. The van der Waals surface area contributed by atoms with Crippen molar-refractivity contribution in [2.45, 2.75) is 26.0 Å². The van der Waals surface area contributed by atoms with Crippen LogP contribution in [0.5, 0.6) is 0 Å². The fourth-order valence-electron chi connectivity index (χ4n) is 3.69. The fraction of sp³-hybridized carbons (Fsp3) is 0.458. The molecule has 1 amide bonds. The van der Waals surface area contributed by atoms with Crippen LogP contribution in [0.15, 0.2) is 59.6 Å². The third-order valence-electron chi connectivity index (χ3n) is 5.73. The minimum Gasteiger partial charge on any atom is -0.500 e. The molecule has 1 aromatic carbocycles. The summed E-state index contributed by atoms with van der Waals surface area (Å²) in [6, 6.07) is 9.23. The molecule has 1 aliphatic rings. The number of ether oxygens (including phenoxy) is 3. The average Bonchev–Trinajstić information content (AvgIpc) is 2.84. The number of rotatable bonds is 12. The van der Waals surface area contributed by atoms with Gasteiger partial charge in [0.15, 0.2) is 0 Å². The van der Waals surface area contributed by atoms with Gasteiger partial charge in [0.1, 0.15) is 12.2 Å². The molecule has 34 heavy (non-hydrogen) atoms. The van der Waals surface area contributed by atoms with Gasteiger partial charge in [-0.1, -0.05) is 44.2 Å². The van der Waals surface area contributed by atoms with Crippen molar-refractivity contribution in [2.24, 2.45) is 0 Å². The zero-order valence-electron chi connectivity index (χ0n) is 20.3. The van der Waals surface area contributed by atoms with E-state index in [1.165, 1.54) is 27.4 Å². The second kappa shape index (κ2) is 13.7. The Hall–Kier alpha value is -2.88. The molecule has 188 valence electrons. The molecular formula is C24H34ClN3O6. The Balaban J connectivity index is 0.00000578. The minimum atomic E-state index is -1.89. The summed E-state index contributed by atoms with van der Waals surface area (Å²) in [6.45, 7) is 7.19. The Labute approximate surface area is 207 Å². The van der Waals surface area contributed by atoms with Crippen molar-refractivity contribution in [1.82, 2.24) is 10.2 Å². The van der Waals surface area contributed by atoms with Gasteiger partial charge in [0.25, 0.3) is 5.91 Å². The molecule has 0 saturated carbocycles. The SMILES string of the molecule is CCN(CC)CCNC(=O)/C(=C/C1=C(OC)CC(OC)([N+](=O)[O-])C(OC)=C1)c1ccccc1.Cl. The van der Waals surface area contributed by atoms with Gasteiger partial charge in [-0.25, -0.2) is 0 Å². The maximum atomic E-state index is 13.2. The molecule has 0 heterocycles. The molecule has 1 aliphatic carbocycles. The summed E-state index contributed by atoms with van der Waals surface area (Å²) in [6.07, 6.45) is 2.98. The van der Waals surface area contributed by atoms with Crippen LogP contribution in [0.2, 0.25) is 0 Å². The molecule has 0 radical (unpaired) electrons. The second-order valence-electron chi connectivity index (χ2n) is 7.42. The van der Waals surface area contributed by atoms with Crippen molar-refractivity contribution in [3.8, 4) is 0 Å². The standard InChI is InChI=1S/C24H33N3O6.ClH/c1-6-26(7-2)14-13-25-23(28)20(18-11-9-8-10-12-18)15-19-16-22(32-4)24(33-5,27(29)30)17-21(19)31-3;/h8-12,15-16H,6-7,13-14,17H2,1-5H3,(H,25,28);1H/b20-15+;. The summed E-state index contributed by atoms with van der Waals surface area (Å²) in [5.74, 6) is 0.0941. The first-order chi connectivity index (χ1) is 15.9. The van der Waals surface area contributed by atoms with Crippen molar-refractivity contribution >= 4 is 23.9 Å². The predicted molar refractivity (Wildman–Crippen MR) is 133 cm³/mol. The number of benzene rings is 1. The van der Waals surface area contributed by atoms with E-state index in [9.17, 15) is 14.9 Å². The number of halogens is 1. The number of nitro groups is 1. The third-order valence-corrected chi connectivity index (χ3v) is 5.73. The molecule has 0 fully saturated rings. The lowest BCUT2D eigenvalue weighted by atomic mass is 9.92. The molecule has 0 aromatic heterocycles. The monoisotopic (exact) mass is 495 g/mol. The van der Waals surface area contributed by atoms with Gasteiger partial charge in [0, 0.05) is 31.3 Å². The van der Waals surface area contributed by atoms with Crippen molar-refractivity contribution in [1.29, 1.82) is 0 Å². The minimum absolute atomic E-state index is 0. The van der Waals surface area contributed by atoms with Gasteiger partial charge in [0.2, 0.25) is 5.76 Å². The van der Waals surface area contributed by atoms with Crippen LogP contribution in [0.4, 0.5) is 0 Å². The van der Waals surface area contributed by atoms with Gasteiger partial charge < -0.3 is 24.4 Å². The Morgan fingerprint density at radius 1 is 1.18 bits per heavy atom. The summed E-state index contributed by atoms with van der Waals surface area (Å²) in [5.41, 5.74) is -0.263. The van der Waals surface area contributed by atoms with Gasteiger partial charge in [-0.2, -0.15) is 0 Å². The van der Waals surface area contributed by atoms with Gasteiger partial charge >= 0.3 is 5.72 Å². The largest absolute Gasteiger partial charge is 0.500 e. The lowest BCUT2D eigenvalue weighted by Gasteiger charge is -2.29. The van der Waals surface area contributed by atoms with Crippen LogP contribution in [0.1, 0.15) is 25.8 Å². The van der Waals surface area contributed by atoms with Crippen LogP contribution in [-0.2, 0) is 19.0 Å². The lowest BCUT2D eigenvalue weighted by Crippen LogP contribution is -2.45. The molecule has 1 aromatic rings. The molecule has 0 aliphatic heterocycles. The first-order valence-corrected chi connectivity index (χ1v) is 10.9. The van der Waals surface area contributed by atoms with Crippen LogP contribution >= 0.6 is 12.4 Å². The number of methoxy groups -OCH3 is 3. The average molecular weight is 496 g/mol. The number of likely N-dealkylation sites (N-methyl/N-ethyl adjacent to an activating group) is 1. The van der Waals surface area contributed by atoms with Gasteiger partial charge in [-0.3, -0.25) is 14.9 Å². The maximum Gasteiger partial charge on any atom is 0.389 e. The van der Waals surface area contributed by atoms with Gasteiger partial charge in [0.05, 0.1) is 19.1 Å². The highest BCUT2D eigenvalue weighted by atomic mass is 35.5. The van der Waals surface area contributed by atoms with E-state index in [0.29, 0.717) is 29.0 Å². The fourth-order valence-corrected chi connectivity index (χ4v) is 3.69. The lowest BCUT2D eigenvalue weighted by molar-refractivity contribution is -0.620. The molecule has 1 N–H and O–H groups in total. The smallest absolute Gasteiger partial charge is 0.389 e. The quantitative estimate of drug-likeness (QED) is 0.205. The van der Waals surface area contributed by atoms with E-state index in [2.05, 4.69) is 24.1 Å². The highest BCUT2D eigenvalue weighted by molar-refractivity contribution is 6.20. The van der Waals surface area contributed by atoms with E-state index in [1.807, 2.05) is 30.3 Å². The highest BCUT2D eigenvalue weighted by Gasteiger charge is 2.53. The zero-order chi connectivity index (χ0) is 24.4. The van der Waals surface area contributed by atoms with Crippen molar-refractivity contribution < 1.29 is 23.9 Å². The van der Waals surface area contributed by atoms with Gasteiger partial charge in [-0.05, 0) is 30.8 Å². The van der Waals surface area contributed by atoms with Crippen molar-refractivity contribution in [3.63, 3.8) is 0 Å². The molecule has 1 unspecified atom stereocenters. The Kier molecular flexibility index (Phi) is 11.8. The summed E-state index contributed by atoms with van der Waals surface area (Å²) in [7, 11) is 4.03. The number of allylic oxidation sites excluding steroid dienone is 3. The summed E-state index contributed by atoms with van der Waals surface area (Å²) >= 11 is 0. The molecule has 0 saturated heterocycles. The molecule has 2 rings (SSSR count). The molecule has 10 heteroatoms. The Morgan fingerprint density at radius 2 is 1.82 bits per heavy atom. The van der Waals surface area contributed by atoms with Gasteiger partial charge in [-0.15, -0.1) is 12.4 Å². The number of hydrogen-bond acceptors (Lipinski definition) is 7. The summed E-state index contributed by atoms with van der Waals surface area (Å²) in [4.78, 5) is 26.7. The molecule has 0 spiro atoms. The zero-order valence-corrected chi connectivity index (χ0v) is 21.1. The number of carbonyl (C=O) groups excluding carboxylic acids is 1. The van der Waals surface area contributed by atoms with Crippen LogP contribution in [0.25, 0.3) is 5.57 Å². The predicted octanol–water partition coefficient (Wildman–Crippen LogP) is 3.40. The topological polar surface area (TPSA) is 103 Å². The van der Waals surface area contributed by atoms with E-state index >= 15 is 0 Å². The van der Waals surface area contributed by atoms with Crippen molar-refractivity contribution in [3.05, 3.63) is 75.3 Å². The number of hydrogen-bond donors (Lipinski definition) is 1. The Morgan fingerprint density at radius 3 is 2.32 bits per heavy atom. The van der Waals surface area contributed by atoms with Crippen LogP contribution in [-0.4, -0.2) is 69.0 Å². The number of amides is 1. The highest BCUT2D eigenvalue weighted by Crippen LogP contribution is 2.38. The molecular weight excluding hydrogens is 462 g/mol. The molecule has 0 bridgehead atoms.